The van der Waals surface area contributed by atoms with Gasteiger partial charge in [-0.3, -0.25) is 4.79 Å². The van der Waals surface area contributed by atoms with Crippen LogP contribution in [0.4, 0.5) is 9.18 Å². The van der Waals surface area contributed by atoms with Crippen molar-refractivity contribution in [1.82, 2.24) is 10.2 Å². The van der Waals surface area contributed by atoms with Crippen molar-refractivity contribution in [3.05, 3.63) is 35.6 Å². The molecule has 0 bridgehead atoms. The predicted octanol–water partition coefficient (Wildman–Crippen LogP) is 1.07. The molecule has 2 N–H and O–H groups in total. The Balaban J connectivity index is 1.94. The van der Waals surface area contributed by atoms with E-state index in [2.05, 4.69) is 5.32 Å². The lowest BCUT2D eigenvalue weighted by Crippen LogP contribution is -2.47. The molecule has 0 radical (unpaired) electrons. The normalized spacial score (nSPS) is 21.0. The molecule has 1 saturated heterocycles. The molecule has 1 aliphatic rings. The fourth-order valence-corrected chi connectivity index (χ4v) is 2.16. The highest BCUT2D eigenvalue weighted by atomic mass is 19.1. The van der Waals surface area contributed by atoms with Crippen molar-refractivity contribution < 1.29 is 23.8 Å². The van der Waals surface area contributed by atoms with Gasteiger partial charge in [-0.15, -0.1) is 0 Å². The number of rotatable bonds is 4. The Bertz CT molecular complexity index is 537. The number of carbonyl (C=O) groups is 2. The van der Waals surface area contributed by atoms with Crippen LogP contribution in [-0.4, -0.2) is 48.3 Å². The Morgan fingerprint density at radius 3 is 2.81 bits per heavy atom. The highest BCUT2D eigenvalue weighted by Crippen LogP contribution is 2.15. The van der Waals surface area contributed by atoms with Gasteiger partial charge in [0.05, 0.1) is 19.3 Å². The number of amides is 2. The summed E-state index contributed by atoms with van der Waals surface area (Å²) in [6, 6.07) is 5.16. The Morgan fingerprint density at radius 2 is 2.14 bits per heavy atom. The molecule has 0 saturated carbocycles. The van der Waals surface area contributed by atoms with Crippen LogP contribution in [0.5, 0.6) is 0 Å². The van der Waals surface area contributed by atoms with E-state index >= 15 is 0 Å². The monoisotopic (exact) mass is 296 g/mol. The highest BCUT2D eigenvalue weighted by molar-refractivity contribution is 5.77. The fraction of sp³-hybridized carbons (Fsp3) is 0.429. The van der Waals surface area contributed by atoms with Crippen LogP contribution >= 0.6 is 0 Å². The zero-order chi connectivity index (χ0) is 15.4. The van der Waals surface area contributed by atoms with E-state index in [0.717, 1.165) is 0 Å². The third-order valence-electron chi connectivity index (χ3n) is 3.42. The van der Waals surface area contributed by atoms with Crippen molar-refractivity contribution in [2.24, 2.45) is 5.92 Å². The van der Waals surface area contributed by atoms with Gasteiger partial charge in [0, 0.05) is 19.2 Å². The summed E-state index contributed by atoms with van der Waals surface area (Å²) in [5.41, 5.74) is 0.396. The number of nitrogens with zero attached hydrogens (tertiary/aromatic N) is 1. The third kappa shape index (κ3) is 3.69. The van der Waals surface area contributed by atoms with Crippen LogP contribution in [0.15, 0.2) is 24.3 Å². The van der Waals surface area contributed by atoms with E-state index in [0.29, 0.717) is 5.56 Å². The number of carboxylic acids is 1. The molecule has 2 atom stereocenters. The molecule has 1 aromatic carbocycles. The lowest BCUT2D eigenvalue weighted by atomic mass is 10.0. The predicted molar refractivity (Wildman–Crippen MR) is 72.1 cm³/mol. The molecular weight excluding hydrogens is 279 g/mol. The Kier molecular flexibility index (Phi) is 4.74. The quantitative estimate of drug-likeness (QED) is 0.871. The minimum Gasteiger partial charge on any atom is -0.481 e. The third-order valence-corrected chi connectivity index (χ3v) is 3.42. The molecule has 0 spiro atoms. The van der Waals surface area contributed by atoms with Crippen molar-refractivity contribution in [2.45, 2.75) is 12.6 Å². The summed E-state index contributed by atoms with van der Waals surface area (Å²) in [4.78, 5) is 24.3. The lowest BCUT2D eigenvalue weighted by Gasteiger charge is -2.22. The van der Waals surface area contributed by atoms with Gasteiger partial charge in [-0.1, -0.05) is 18.2 Å². The van der Waals surface area contributed by atoms with Gasteiger partial charge >= 0.3 is 12.0 Å². The molecule has 1 heterocycles. The van der Waals surface area contributed by atoms with Crippen LogP contribution in [0.3, 0.4) is 0 Å². The van der Waals surface area contributed by atoms with Crippen LogP contribution in [0.1, 0.15) is 5.56 Å². The maximum absolute atomic E-state index is 13.5. The Labute approximate surface area is 121 Å². The van der Waals surface area contributed by atoms with Gasteiger partial charge in [0.2, 0.25) is 0 Å². The first-order valence-electron chi connectivity index (χ1n) is 6.54. The number of urea groups is 1. The molecular formula is C14H17FN2O4. The lowest BCUT2D eigenvalue weighted by molar-refractivity contribution is -0.142. The van der Waals surface area contributed by atoms with E-state index < -0.39 is 24.0 Å². The van der Waals surface area contributed by atoms with E-state index in [1.807, 2.05) is 0 Å². The summed E-state index contributed by atoms with van der Waals surface area (Å²) < 4.78 is 18.6. The summed E-state index contributed by atoms with van der Waals surface area (Å²) in [7, 11) is 1.52. The second kappa shape index (κ2) is 6.53. The SMILES string of the molecule is CN(Cc1ccccc1F)C(=O)NC1COCC1C(=O)O. The highest BCUT2D eigenvalue weighted by Gasteiger charge is 2.35. The first-order valence-corrected chi connectivity index (χ1v) is 6.54. The second-order valence-corrected chi connectivity index (χ2v) is 4.99. The molecule has 2 rings (SSSR count). The minimum absolute atomic E-state index is 0.0807. The standard InChI is InChI=1S/C14H17FN2O4/c1-17(6-9-4-2-3-5-11(9)15)14(20)16-12-8-21-7-10(12)13(18)19/h2-5,10,12H,6-8H2,1H3,(H,16,20)(H,18,19). The smallest absolute Gasteiger partial charge is 0.317 e. The number of benzene rings is 1. The zero-order valence-electron chi connectivity index (χ0n) is 11.6. The summed E-state index contributed by atoms with van der Waals surface area (Å²) in [5.74, 6) is -2.14. The number of hydrogen-bond donors (Lipinski definition) is 2. The van der Waals surface area contributed by atoms with Crippen molar-refractivity contribution in [3.63, 3.8) is 0 Å². The Hall–Kier alpha value is -2.15. The minimum atomic E-state index is -1.01. The summed E-state index contributed by atoms with van der Waals surface area (Å²) >= 11 is 0. The average Bonchev–Trinajstić information content (AvgIpc) is 2.89. The molecule has 2 unspecified atom stereocenters. The molecule has 0 aliphatic carbocycles. The molecule has 1 aliphatic heterocycles. The van der Waals surface area contributed by atoms with E-state index in [1.54, 1.807) is 18.2 Å². The first-order chi connectivity index (χ1) is 9.99. The molecule has 21 heavy (non-hydrogen) atoms. The van der Waals surface area contributed by atoms with Crippen molar-refractivity contribution in [3.8, 4) is 0 Å². The molecule has 1 fully saturated rings. The van der Waals surface area contributed by atoms with Crippen molar-refractivity contribution >= 4 is 12.0 Å². The molecule has 6 nitrogen and oxygen atoms in total. The number of nitrogens with one attached hydrogen (secondary N) is 1. The first kappa shape index (κ1) is 15.2. The topological polar surface area (TPSA) is 78.9 Å². The van der Waals surface area contributed by atoms with Crippen LogP contribution in [-0.2, 0) is 16.1 Å². The number of carbonyl (C=O) groups excluding carboxylic acids is 1. The van der Waals surface area contributed by atoms with E-state index in [4.69, 9.17) is 9.84 Å². The second-order valence-electron chi connectivity index (χ2n) is 4.99. The van der Waals surface area contributed by atoms with E-state index in [9.17, 15) is 14.0 Å². The zero-order valence-corrected chi connectivity index (χ0v) is 11.6. The summed E-state index contributed by atoms with van der Waals surface area (Å²) in [6.07, 6.45) is 0. The number of carboxylic acid groups (broad SMARTS) is 1. The van der Waals surface area contributed by atoms with E-state index in [1.165, 1.54) is 18.0 Å². The number of hydrogen-bond acceptors (Lipinski definition) is 3. The molecule has 2 amide bonds. The van der Waals surface area contributed by atoms with Gasteiger partial charge in [-0.25, -0.2) is 9.18 Å². The van der Waals surface area contributed by atoms with Gasteiger partial charge in [-0.05, 0) is 6.07 Å². The molecule has 1 aromatic rings. The number of aliphatic carboxylic acids is 1. The van der Waals surface area contributed by atoms with Gasteiger partial charge in [0.1, 0.15) is 11.7 Å². The molecule has 7 heteroatoms. The summed E-state index contributed by atoms with van der Waals surface area (Å²) in [5, 5.41) is 11.6. The van der Waals surface area contributed by atoms with Gasteiger partial charge < -0.3 is 20.1 Å². The molecule has 0 aromatic heterocycles. The van der Waals surface area contributed by atoms with Crippen LogP contribution in [0.2, 0.25) is 0 Å². The Morgan fingerprint density at radius 1 is 1.43 bits per heavy atom. The van der Waals surface area contributed by atoms with Gasteiger partial charge in [-0.2, -0.15) is 0 Å². The van der Waals surface area contributed by atoms with Crippen molar-refractivity contribution in [1.29, 1.82) is 0 Å². The van der Waals surface area contributed by atoms with Crippen LogP contribution in [0.25, 0.3) is 0 Å². The average molecular weight is 296 g/mol. The van der Waals surface area contributed by atoms with Gasteiger partial charge in [0.15, 0.2) is 0 Å². The van der Waals surface area contributed by atoms with Gasteiger partial charge in [0.25, 0.3) is 0 Å². The van der Waals surface area contributed by atoms with Crippen LogP contribution < -0.4 is 5.32 Å². The largest absolute Gasteiger partial charge is 0.481 e. The van der Waals surface area contributed by atoms with Crippen LogP contribution in [0, 0.1) is 11.7 Å². The number of ether oxygens (including phenoxy) is 1. The van der Waals surface area contributed by atoms with E-state index in [-0.39, 0.29) is 25.6 Å². The maximum atomic E-state index is 13.5. The maximum Gasteiger partial charge on any atom is 0.317 e. The molecule has 114 valence electrons. The summed E-state index contributed by atoms with van der Waals surface area (Å²) in [6.45, 7) is 0.345. The number of halogens is 1. The van der Waals surface area contributed by atoms with Crippen molar-refractivity contribution in [2.75, 3.05) is 20.3 Å². The fourth-order valence-electron chi connectivity index (χ4n) is 2.16.